The molecule has 0 aromatic carbocycles. The first kappa shape index (κ1) is 17.7. The maximum absolute atomic E-state index is 12.4. The second-order valence-corrected chi connectivity index (χ2v) is 13.9. The molecule has 2 atom stereocenters. The summed E-state index contributed by atoms with van der Waals surface area (Å²) in [6, 6.07) is 0. The maximum atomic E-state index is 12.4. The standard InChI is InChI=1S/C18H32O3Si/c1-9-20-15(19)14-10-13-11-17(5,6)12-18(13,14)21-22(7,8)16(2,3)4/h10,13H,9,11-12H2,1-8H3/t13-,18-/m1/s1. The van der Waals surface area contributed by atoms with E-state index in [4.69, 9.17) is 9.16 Å². The van der Waals surface area contributed by atoms with E-state index in [1.165, 1.54) is 0 Å². The zero-order chi connectivity index (χ0) is 17.0. The maximum Gasteiger partial charge on any atom is 0.336 e. The number of ether oxygens (including phenoxy) is 1. The fourth-order valence-electron chi connectivity index (χ4n) is 3.63. The van der Waals surface area contributed by atoms with Crippen LogP contribution in [0.5, 0.6) is 0 Å². The van der Waals surface area contributed by atoms with Crippen molar-refractivity contribution in [2.45, 2.75) is 78.1 Å². The molecule has 0 aliphatic heterocycles. The molecule has 2 aliphatic rings. The Balaban J connectivity index is 2.34. The average Bonchev–Trinajstić information content (AvgIpc) is 2.48. The summed E-state index contributed by atoms with van der Waals surface area (Å²) in [5.74, 6) is 0.172. The van der Waals surface area contributed by atoms with Gasteiger partial charge in [-0.05, 0) is 43.3 Å². The van der Waals surface area contributed by atoms with Crippen LogP contribution in [0.2, 0.25) is 18.1 Å². The monoisotopic (exact) mass is 324 g/mol. The van der Waals surface area contributed by atoms with Crippen LogP contribution in [0.25, 0.3) is 0 Å². The van der Waals surface area contributed by atoms with Crippen molar-refractivity contribution in [3.63, 3.8) is 0 Å². The van der Waals surface area contributed by atoms with E-state index in [0.717, 1.165) is 18.4 Å². The Morgan fingerprint density at radius 3 is 2.41 bits per heavy atom. The predicted octanol–water partition coefficient (Wildman–Crippen LogP) is 4.69. The highest BCUT2D eigenvalue weighted by atomic mass is 28.4. The summed E-state index contributed by atoms with van der Waals surface area (Å²) in [6.07, 6.45) is 4.10. The van der Waals surface area contributed by atoms with Crippen LogP contribution in [0.3, 0.4) is 0 Å². The Labute approximate surface area is 136 Å². The Kier molecular flexibility index (Phi) is 4.19. The number of hydrogen-bond acceptors (Lipinski definition) is 3. The van der Waals surface area contributed by atoms with Crippen LogP contribution in [0, 0.1) is 11.3 Å². The normalized spacial score (nSPS) is 30.4. The molecular weight excluding hydrogens is 292 g/mol. The van der Waals surface area contributed by atoms with Crippen molar-refractivity contribution >= 4 is 14.3 Å². The summed E-state index contributed by atoms with van der Waals surface area (Å²) in [5, 5.41) is 0.133. The van der Waals surface area contributed by atoms with Gasteiger partial charge in [-0.15, -0.1) is 0 Å². The molecule has 0 unspecified atom stereocenters. The molecule has 126 valence electrons. The fourth-order valence-corrected chi connectivity index (χ4v) is 5.18. The van der Waals surface area contributed by atoms with Gasteiger partial charge in [0.15, 0.2) is 8.32 Å². The van der Waals surface area contributed by atoms with Crippen LogP contribution in [-0.2, 0) is 14.0 Å². The average molecular weight is 325 g/mol. The molecule has 0 N–H and O–H groups in total. The van der Waals surface area contributed by atoms with Crippen molar-refractivity contribution < 1.29 is 14.0 Å². The van der Waals surface area contributed by atoms with Crippen molar-refractivity contribution in [2.24, 2.45) is 11.3 Å². The lowest BCUT2D eigenvalue weighted by Crippen LogP contribution is -2.57. The van der Waals surface area contributed by atoms with Gasteiger partial charge in [0, 0.05) is 5.92 Å². The zero-order valence-corrected chi connectivity index (χ0v) is 16.5. The van der Waals surface area contributed by atoms with E-state index in [0.29, 0.717) is 12.5 Å². The van der Waals surface area contributed by atoms with E-state index in [1.54, 1.807) is 0 Å². The highest BCUT2D eigenvalue weighted by Crippen LogP contribution is 2.61. The molecule has 0 saturated heterocycles. The summed E-state index contributed by atoms with van der Waals surface area (Å²) in [7, 11) is -1.95. The van der Waals surface area contributed by atoms with Gasteiger partial charge in [-0.2, -0.15) is 0 Å². The Bertz CT molecular complexity index is 499. The molecule has 2 aliphatic carbocycles. The third-order valence-electron chi connectivity index (χ3n) is 5.68. The van der Waals surface area contributed by atoms with Gasteiger partial charge in [0.2, 0.25) is 0 Å². The number of carbonyl (C=O) groups excluding carboxylic acids is 1. The zero-order valence-electron chi connectivity index (χ0n) is 15.5. The molecule has 3 nitrogen and oxygen atoms in total. The molecule has 22 heavy (non-hydrogen) atoms. The Morgan fingerprint density at radius 1 is 1.36 bits per heavy atom. The summed E-state index contributed by atoms with van der Waals surface area (Å²) >= 11 is 0. The third-order valence-corrected chi connectivity index (χ3v) is 10.2. The van der Waals surface area contributed by atoms with Gasteiger partial charge in [-0.1, -0.05) is 40.7 Å². The van der Waals surface area contributed by atoms with E-state index >= 15 is 0 Å². The van der Waals surface area contributed by atoms with Crippen LogP contribution in [0.15, 0.2) is 11.6 Å². The molecule has 4 heteroatoms. The number of fused-ring (bicyclic) bond motifs is 1. The van der Waals surface area contributed by atoms with E-state index in [1.807, 2.05) is 6.92 Å². The molecule has 0 aromatic heterocycles. The number of carbonyl (C=O) groups is 1. The third kappa shape index (κ3) is 2.80. The fraction of sp³-hybridized carbons (Fsp3) is 0.833. The Hall–Kier alpha value is -0.613. The van der Waals surface area contributed by atoms with Gasteiger partial charge >= 0.3 is 5.97 Å². The minimum Gasteiger partial charge on any atom is -0.463 e. The highest BCUT2D eigenvalue weighted by molar-refractivity contribution is 6.74. The van der Waals surface area contributed by atoms with Crippen molar-refractivity contribution in [3.8, 4) is 0 Å². The summed E-state index contributed by atoms with van der Waals surface area (Å²) in [4.78, 5) is 12.4. The van der Waals surface area contributed by atoms with E-state index in [2.05, 4.69) is 53.8 Å². The SMILES string of the molecule is CCOC(=O)C1=C[C@@H]2CC(C)(C)C[C@]12O[Si](C)(C)C(C)(C)C. The van der Waals surface area contributed by atoms with Crippen LogP contribution in [0.4, 0.5) is 0 Å². The predicted molar refractivity (Wildman–Crippen MR) is 92.2 cm³/mol. The summed E-state index contributed by atoms with van der Waals surface area (Å²) in [6.45, 7) is 18.1. The van der Waals surface area contributed by atoms with Crippen LogP contribution >= 0.6 is 0 Å². The first-order valence-electron chi connectivity index (χ1n) is 8.44. The minimum atomic E-state index is -1.95. The molecule has 0 aromatic rings. The van der Waals surface area contributed by atoms with Crippen LogP contribution in [-0.4, -0.2) is 26.5 Å². The van der Waals surface area contributed by atoms with Crippen LogP contribution < -0.4 is 0 Å². The van der Waals surface area contributed by atoms with Crippen molar-refractivity contribution in [1.82, 2.24) is 0 Å². The van der Waals surface area contributed by atoms with Gasteiger partial charge in [0.05, 0.1) is 17.8 Å². The van der Waals surface area contributed by atoms with Crippen LogP contribution in [0.1, 0.15) is 54.4 Å². The largest absolute Gasteiger partial charge is 0.463 e. The number of hydrogen-bond donors (Lipinski definition) is 0. The van der Waals surface area contributed by atoms with Crippen molar-refractivity contribution in [2.75, 3.05) is 6.61 Å². The lowest BCUT2D eigenvalue weighted by Gasteiger charge is -2.51. The smallest absolute Gasteiger partial charge is 0.336 e. The lowest BCUT2D eigenvalue weighted by molar-refractivity contribution is -0.142. The molecule has 1 fully saturated rings. The van der Waals surface area contributed by atoms with E-state index < -0.39 is 13.9 Å². The van der Waals surface area contributed by atoms with Gasteiger partial charge in [-0.25, -0.2) is 4.79 Å². The molecule has 0 radical (unpaired) electrons. The molecule has 0 heterocycles. The molecular formula is C18H32O3Si. The Morgan fingerprint density at radius 2 is 1.95 bits per heavy atom. The van der Waals surface area contributed by atoms with Crippen molar-refractivity contribution in [1.29, 1.82) is 0 Å². The summed E-state index contributed by atoms with van der Waals surface area (Å²) in [5.41, 5.74) is 0.575. The molecule has 1 saturated carbocycles. The highest BCUT2D eigenvalue weighted by Gasteiger charge is 2.63. The minimum absolute atomic E-state index is 0.133. The topological polar surface area (TPSA) is 35.5 Å². The van der Waals surface area contributed by atoms with Crippen molar-refractivity contribution in [3.05, 3.63) is 11.6 Å². The molecule has 0 bridgehead atoms. The molecule has 2 rings (SSSR count). The first-order valence-corrected chi connectivity index (χ1v) is 11.4. The molecule has 0 spiro atoms. The molecule has 0 amide bonds. The van der Waals surface area contributed by atoms with Gasteiger partial charge < -0.3 is 9.16 Å². The first-order chi connectivity index (χ1) is 9.85. The lowest BCUT2D eigenvalue weighted by atomic mass is 9.72. The van der Waals surface area contributed by atoms with E-state index in [9.17, 15) is 4.79 Å². The van der Waals surface area contributed by atoms with Gasteiger partial charge in [0.25, 0.3) is 0 Å². The van der Waals surface area contributed by atoms with Gasteiger partial charge in [0.1, 0.15) is 0 Å². The second kappa shape index (κ2) is 5.20. The second-order valence-electron chi connectivity index (χ2n) is 9.20. The van der Waals surface area contributed by atoms with E-state index in [-0.39, 0.29) is 16.4 Å². The van der Waals surface area contributed by atoms with Gasteiger partial charge in [-0.3, -0.25) is 0 Å². The number of esters is 1. The number of rotatable bonds is 4. The summed E-state index contributed by atoms with van der Waals surface area (Å²) < 4.78 is 12.1. The quantitative estimate of drug-likeness (QED) is 0.556.